The van der Waals surface area contributed by atoms with Crippen molar-refractivity contribution in [1.82, 2.24) is 19.4 Å². The lowest BCUT2D eigenvalue weighted by atomic mass is 10.1. The fraction of sp³-hybridized carbons (Fsp3) is 0.286. The molecular weight excluding hydrogens is 295 g/mol. The van der Waals surface area contributed by atoms with Gasteiger partial charge in [0.2, 0.25) is 5.28 Å². The number of hydrogen-bond donors (Lipinski definition) is 0. The average Bonchev–Trinajstić information content (AvgIpc) is 2.81. The standard InChI is InChI=1S/C14H14Cl2N4/c1-3-9-6-10(8-19(2)7-9)20-5-4-11-12(20)13(15)18-14(16)17-11/h4-6,8H,3,7H2,1-2H3. The molecule has 0 amide bonds. The molecule has 3 rings (SSSR count). The fourth-order valence-corrected chi connectivity index (χ4v) is 2.91. The van der Waals surface area contributed by atoms with Crippen molar-refractivity contribution in [3.8, 4) is 0 Å². The molecule has 2 aromatic heterocycles. The van der Waals surface area contributed by atoms with Gasteiger partial charge in [-0.1, -0.05) is 18.5 Å². The maximum atomic E-state index is 6.22. The van der Waals surface area contributed by atoms with Crippen LogP contribution in [0.25, 0.3) is 16.7 Å². The number of nitrogens with zero attached hydrogens (tertiary/aromatic N) is 4. The first kappa shape index (κ1) is 13.5. The summed E-state index contributed by atoms with van der Waals surface area (Å²) >= 11 is 12.1. The smallest absolute Gasteiger partial charge is 0.224 e. The second-order valence-electron chi connectivity index (χ2n) is 4.83. The van der Waals surface area contributed by atoms with Gasteiger partial charge >= 0.3 is 0 Å². The number of rotatable bonds is 2. The molecule has 0 bridgehead atoms. The largest absolute Gasteiger partial charge is 0.375 e. The van der Waals surface area contributed by atoms with Crippen LogP contribution in [0.3, 0.4) is 0 Å². The van der Waals surface area contributed by atoms with Crippen LogP contribution in [0.5, 0.6) is 0 Å². The molecule has 0 aromatic carbocycles. The third-order valence-electron chi connectivity index (χ3n) is 3.35. The predicted octanol–water partition coefficient (Wildman–Crippen LogP) is 3.82. The predicted molar refractivity (Wildman–Crippen MR) is 82.8 cm³/mol. The van der Waals surface area contributed by atoms with E-state index >= 15 is 0 Å². The zero-order valence-electron chi connectivity index (χ0n) is 11.3. The SMILES string of the molecule is CCC1=CC(n2ccc3nc(Cl)nc(Cl)c32)=CN(C)C1. The molecule has 0 aliphatic carbocycles. The summed E-state index contributed by atoms with van der Waals surface area (Å²) in [5.74, 6) is 0. The number of hydrogen-bond acceptors (Lipinski definition) is 3. The highest BCUT2D eigenvalue weighted by Crippen LogP contribution is 2.28. The van der Waals surface area contributed by atoms with Crippen molar-refractivity contribution in [2.75, 3.05) is 13.6 Å². The molecule has 0 radical (unpaired) electrons. The summed E-state index contributed by atoms with van der Waals surface area (Å²) in [7, 11) is 2.06. The fourth-order valence-electron chi connectivity index (χ4n) is 2.42. The molecule has 0 fully saturated rings. The minimum absolute atomic E-state index is 0.166. The van der Waals surface area contributed by atoms with Gasteiger partial charge in [-0.2, -0.15) is 0 Å². The molecule has 0 spiro atoms. The molecule has 0 unspecified atom stereocenters. The molecule has 20 heavy (non-hydrogen) atoms. The van der Waals surface area contributed by atoms with E-state index < -0.39 is 0 Å². The third-order valence-corrected chi connectivity index (χ3v) is 3.79. The lowest BCUT2D eigenvalue weighted by Gasteiger charge is -2.23. The van der Waals surface area contributed by atoms with Crippen molar-refractivity contribution in [2.24, 2.45) is 0 Å². The van der Waals surface area contributed by atoms with Crippen LogP contribution in [-0.4, -0.2) is 33.0 Å². The Morgan fingerprint density at radius 3 is 2.85 bits per heavy atom. The number of allylic oxidation sites excluding steroid dienone is 2. The van der Waals surface area contributed by atoms with E-state index in [2.05, 4.69) is 41.1 Å². The minimum Gasteiger partial charge on any atom is -0.375 e. The van der Waals surface area contributed by atoms with Crippen LogP contribution in [0.2, 0.25) is 10.4 Å². The third kappa shape index (κ3) is 2.30. The van der Waals surface area contributed by atoms with Crippen molar-refractivity contribution >= 4 is 39.9 Å². The molecule has 104 valence electrons. The minimum atomic E-state index is 0.166. The van der Waals surface area contributed by atoms with E-state index in [1.54, 1.807) is 0 Å². The highest BCUT2D eigenvalue weighted by molar-refractivity contribution is 6.35. The number of halogens is 2. The van der Waals surface area contributed by atoms with E-state index in [0.717, 1.165) is 29.7 Å². The Bertz CT molecular complexity index is 730. The summed E-state index contributed by atoms with van der Waals surface area (Å²) in [4.78, 5) is 10.4. The van der Waals surface area contributed by atoms with Crippen LogP contribution < -0.4 is 0 Å². The molecule has 6 heteroatoms. The quantitative estimate of drug-likeness (QED) is 0.625. The lowest BCUT2D eigenvalue weighted by Crippen LogP contribution is -2.19. The Hall–Kier alpha value is -1.52. The summed E-state index contributed by atoms with van der Waals surface area (Å²) in [6, 6.07) is 1.89. The average molecular weight is 309 g/mol. The first-order chi connectivity index (χ1) is 9.58. The first-order valence-electron chi connectivity index (χ1n) is 6.40. The topological polar surface area (TPSA) is 34.0 Å². The van der Waals surface area contributed by atoms with E-state index in [1.165, 1.54) is 5.57 Å². The van der Waals surface area contributed by atoms with Crippen LogP contribution >= 0.6 is 23.2 Å². The van der Waals surface area contributed by atoms with Gasteiger partial charge in [0.15, 0.2) is 5.15 Å². The molecule has 0 atom stereocenters. The van der Waals surface area contributed by atoms with Crippen molar-refractivity contribution in [3.05, 3.63) is 40.5 Å². The van der Waals surface area contributed by atoms with Crippen molar-refractivity contribution in [1.29, 1.82) is 0 Å². The van der Waals surface area contributed by atoms with Gasteiger partial charge in [0.1, 0.15) is 5.52 Å². The van der Waals surface area contributed by atoms with Gasteiger partial charge in [-0.05, 0) is 35.7 Å². The van der Waals surface area contributed by atoms with Crippen LogP contribution in [0.1, 0.15) is 13.3 Å². The van der Waals surface area contributed by atoms with Gasteiger partial charge in [0.25, 0.3) is 0 Å². The normalized spacial score (nSPS) is 15.5. The highest BCUT2D eigenvalue weighted by atomic mass is 35.5. The van der Waals surface area contributed by atoms with Crippen molar-refractivity contribution in [3.63, 3.8) is 0 Å². The molecule has 1 aliphatic rings. The van der Waals surface area contributed by atoms with E-state index in [4.69, 9.17) is 23.2 Å². The molecule has 2 aromatic rings. The summed E-state index contributed by atoms with van der Waals surface area (Å²) in [6.45, 7) is 3.11. The second kappa shape index (κ2) is 5.11. The summed E-state index contributed by atoms with van der Waals surface area (Å²) in [6.07, 6.45) is 7.24. The Labute approximate surface area is 127 Å². The van der Waals surface area contributed by atoms with Gasteiger partial charge in [0, 0.05) is 26.0 Å². The number of fused-ring (bicyclic) bond motifs is 1. The van der Waals surface area contributed by atoms with Gasteiger partial charge in [-0.25, -0.2) is 9.97 Å². The van der Waals surface area contributed by atoms with Crippen molar-refractivity contribution < 1.29 is 0 Å². The summed E-state index contributed by atoms with van der Waals surface area (Å²) in [5.41, 5.74) is 3.95. The van der Waals surface area contributed by atoms with E-state index in [1.807, 2.05) is 16.8 Å². The Balaban J connectivity index is 2.18. The van der Waals surface area contributed by atoms with Gasteiger partial charge in [0.05, 0.1) is 11.2 Å². The summed E-state index contributed by atoms with van der Waals surface area (Å²) in [5, 5.41) is 0.533. The zero-order valence-corrected chi connectivity index (χ0v) is 12.8. The van der Waals surface area contributed by atoms with Crippen LogP contribution in [0.15, 0.2) is 30.1 Å². The molecule has 0 N–H and O–H groups in total. The lowest BCUT2D eigenvalue weighted by molar-refractivity contribution is 0.485. The Morgan fingerprint density at radius 1 is 1.30 bits per heavy atom. The molecular formula is C14H14Cl2N4. The van der Waals surface area contributed by atoms with Crippen LogP contribution in [0, 0.1) is 0 Å². The van der Waals surface area contributed by atoms with Crippen LogP contribution in [0.4, 0.5) is 0 Å². The maximum absolute atomic E-state index is 6.22. The second-order valence-corrected chi connectivity index (χ2v) is 5.52. The van der Waals surface area contributed by atoms with Crippen molar-refractivity contribution in [2.45, 2.75) is 13.3 Å². The van der Waals surface area contributed by atoms with Crippen LogP contribution in [-0.2, 0) is 0 Å². The molecule has 3 heterocycles. The number of likely N-dealkylation sites (N-methyl/N-ethyl adjacent to an activating group) is 1. The molecule has 0 saturated heterocycles. The Kier molecular flexibility index (Phi) is 3.44. The van der Waals surface area contributed by atoms with E-state index in [0.29, 0.717) is 5.15 Å². The van der Waals surface area contributed by atoms with Gasteiger partial charge in [-0.3, -0.25) is 0 Å². The molecule has 4 nitrogen and oxygen atoms in total. The summed E-state index contributed by atoms with van der Waals surface area (Å²) < 4.78 is 2.00. The monoisotopic (exact) mass is 308 g/mol. The van der Waals surface area contributed by atoms with Gasteiger partial charge in [-0.15, -0.1) is 0 Å². The molecule has 0 saturated carbocycles. The molecule has 1 aliphatic heterocycles. The highest BCUT2D eigenvalue weighted by Gasteiger charge is 2.15. The Morgan fingerprint density at radius 2 is 2.10 bits per heavy atom. The number of aromatic nitrogens is 3. The van der Waals surface area contributed by atoms with Gasteiger partial charge < -0.3 is 9.47 Å². The van der Waals surface area contributed by atoms with E-state index in [9.17, 15) is 0 Å². The maximum Gasteiger partial charge on any atom is 0.224 e. The zero-order chi connectivity index (χ0) is 14.3. The first-order valence-corrected chi connectivity index (χ1v) is 7.16. The van der Waals surface area contributed by atoms with E-state index in [-0.39, 0.29) is 5.28 Å².